The summed E-state index contributed by atoms with van der Waals surface area (Å²) in [6.45, 7) is 2.61. The first-order valence-electron chi connectivity index (χ1n) is 11.0. The Morgan fingerprint density at radius 1 is 1.00 bits per heavy atom. The number of fused-ring (bicyclic) bond motifs is 4. The number of hydrogen-bond donors (Lipinski definition) is 1. The predicted molar refractivity (Wildman–Crippen MR) is 122 cm³/mol. The second-order valence-electron chi connectivity index (χ2n) is 9.20. The fourth-order valence-electron chi connectivity index (χ4n) is 6.35. The van der Waals surface area contributed by atoms with Crippen molar-refractivity contribution in [1.29, 1.82) is 0 Å². The van der Waals surface area contributed by atoms with E-state index in [2.05, 4.69) is 28.4 Å². The minimum absolute atomic E-state index is 0.160. The summed E-state index contributed by atoms with van der Waals surface area (Å²) < 4.78 is 6.03. The smallest absolute Gasteiger partial charge is 0.321 e. The van der Waals surface area contributed by atoms with Crippen LogP contribution in [0.5, 0.6) is 5.75 Å². The molecule has 32 heavy (non-hydrogen) atoms. The summed E-state index contributed by atoms with van der Waals surface area (Å²) in [6, 6.07) is 23.7. The zero-order valence-corrected chi connectivity index (χ0v) is 18.1. The minimum atomic E-state index is -1.15. The Kier molecular flexibility index (Phi) is 3.93. The molecule has 1 N–H and O–H groups in total. The largest absolute Gasteiger partial charge is 0.426 e. The Morgan fingerprint density at radius 3 is 2.56 bits per heavy atom. The zero-order chi connectivity index (χ0) is 22.1. The van der Waals surface area contributed by atoms with Crippen molar-refractivity contribution in [2.45, 2.75) is 24.8 Å². The number of hydrogen-bond acceptors (Lipinski definition) is 4. The van der Waals surface area contributed by atoms with Crippen molar-refractivity contribution in [3.8, 4) is 5.75 Å². The molecule has 1 fully saturated rings. The molecule has 0 radical (unpaired) electrons. The van der Waals surface area contributed by atoms with Gasteiger partial charge in [-0.25, -0.2) is 0 Å². The van der Waals surface area contributed by atoms with Crippen molar-refractivity contribution in [2.24, 2.45) is 5.41 Å². The molecule has 3 aromatic rings. The van der Waals surface area contributed by atoms with E-state index in [-0.39, 0.29) is 17.8 Å². The predicted octanol–water partition coefficient (Wildman–Crippen LogP) is 4.02. The third-order valence-corrected chi connectivity index (χ3v) is 7.62. The maximum atomic E-state index is 14.1. The van der Waals surface area contributed by atoms with Gasteiger partial charge in [0.15, 0.2) is 0 Å². The SMILES string of the molecule is Cc1ccc2c(c1)C[C@]1(C(=O)O2)[C@H](c2ccccc2)CN(C)[C@]12C(=O)Nc1ccccc12. The summed E-state index contributed by atoms with van der Waals surface area (Å²) in [5.74, 6) is -0.104. The van der Waals surface area contributed by atoms with Crippen LogP contribution in [0.25, 0.3) is 0 Å². The van der Waals surface area contributed by atoms with E-state index in [4.69, 9.17) is 4.74 Å². The molecule has 6 rings (SSSR count). The van der Waals surface area contributed by atoms with E-state index in [9.17, 15) is 9.59 Å². The Morgan fingerprint density at radius 2 is 1.75 bits per heavy atom. The summed E-state index contributed by atoms with van der Waals surface area (Å²) in [5, 5.41) is 3.07. The van der Waals surface area contributed by atoms with Crippen LogP contribution in [0.2, 0.25) is 0 Å². The lowest BCUT2D eigenvalue weighted by Crippen LogP contribution is -2.61. The van der Waals surface area contributed by atoms with Crippen LogP contribution in [-0.2, 0) is 21.5 Å². The zero-order valence-electron chi connectivity index (χ0n) is 18.1. The van der Waals surface area contributed by atoms with Crippen LogP contribution >= 0.6 is 0 Å². The summed E-state index contributed by atoms with van der Waals surface area (Å²) in [6.07, 6.45) is 0.439. The summed E-state index contributed by atoms with van der Waals surface area (Å²) in [7, 11) is 1.95. The fraction of sp³-hybridized carbons (Fsp3) is 0.259. The van der Waals surface area contributed by atoms with Crippen LogP contribution in [0.3, 0.4) is 0 Å². The molecule has 3 aliphatic heterocycles. The van der Waals surface area contributed by atoms with E-state index >= 15 is 0 Å². The Hall–Kier alpha value is -3.44. The van der Waals surface area contributed by atoms with E-state index in [1.165, 1.54) is 0 Å². The van der Waals surface area contributed by atoms with Gasteiger partial charge in [0, 0.05) is 23.7 Å². The van der Waals surface area contributed by atoms with Gasteiger partial charge in [-0.1, -0.05) is 66.2 Å². The van der Waals surface area contributed by atoms with Gasteiger partial charge in [0.25, 0.3) is 5.91 Å². The quantitative estimate of drug-likeness (QED) is 0.474. The fourth-order valence-corrected chi connectivity index (χ4v) is 6.35. The van der Waals surface area contributed by atoms with Gasteiger partial charge in [-0.2, -0.15) is 0 Å². The number of rotatable bonds is 1. The molecule has 3 aliphatic rings. The second-order valence-corrected chi connectivity index (χ2v) is 9.20. The topological polar surface area (TPSA) is 58.6 Å². The number of benzene rings is 3. The molecule has 3 heterocycles. The van der Waals surface area contributed by atoms with Crippen LogP contribution in [0.1, 0.15) is 28.2 Å². The molecule has 160 valence electrons. The number of amides is 1. The summed E-state index contributed by atoms with van der Waals surface area (Å²) >= 11 is 0. The minimum Gasteiger partial charge on any atom is -0.426 e. The lowest BCUT2D eigenvalue weighted by Gasteiger charge is -2.47. The number of nitrogens with zero attached hydrogens (tertiary/aromatic N) is 1. The molecule has 0 aliphatic carbocycles. The van der Waals surface area contributed by atoms with Crippen molar-refractivity contribution in [2.75, 3.05) is 18.9 Å². The number of carbonyl (C=O) groups excluding carboxylic acids is 2. The molecule has 0 unspecified atom stereocenters. The molecular formula is C27H24N2O3. The molecule has 1 saturated heterocycles. The van der Waals surface area contributed by atoms with Gasteiger partial charge in [-0.3, -0.25) is 14.5 Å². The van der Waals surface area contributed by atoms with Crippen molar-refractivity contribution >= 4 is 17.6 Å². The lowest BCUT2D eigenvalue weighted by molar-refractivity contribution is -0.160. The van der Waals surface area contributed by atoms with E-state index in [0.29, 0.717) is 18.7 Å². The highest BCUT2D eigenvalue weighted by Crippen LogP contribution is 2.65. The number of para-hydroxylation sites is 1. The number of likely N-dealkylation sites (tertiary alicyclic amines) is 1. The number of nitrogens with one attached hydrogen (secondary N) is 1. The van der Waals surface area contributed by atoms with Crippen LogP contribution in [0.4, 0.5) is 5.69 Å². The normalized spacial score (nSPS) is 28.5. The van der Waals surface area contributed by atoms with Crippen LogP contribution in [0, 0.1) is 12.3 Å². The molecule has 2 spiro atoms. The third kappa shape index (κ3) is 2.21. The average molecular weight is 425 g/mol. The van der Waals surface area contributed by atoms with Gasteiger partial charge in [0.05, 0.1) is 0 Å². The molecule has 0 saturated carbocycles. The highest BCUT2D eigenvalue weighted by molar-refractivity contribution is 6.10. The van der Waals surface area contributed by atoms with E-state index in [1.807, 2.05) is 68.6 Å². The van der Waals surface area contributed by atoms with E-state index in [1.54, 1.807) is 0 Å². The van der Waals surface area contributed by atoms with Crippen molar-refractivity contribution < 1.29 is 14.3 Å². The maximum Gasteiger partial charge on any atom is 0.321 e. The molecule has 0 aromatic heterocycles. The van der Waals surface area contributed by atoms with E-state index in [0.717, 1.165) is 27.9 Å². The summed E-state index contributed by atoms with van der Waals surface area (Å²) in [5.41, 5.74) is 2.48. The Labute approximate surface area is 187 Å². The van der Waals surface area contributed by atoms with Gasteiger partial charge in [-0.15, -0.1) is 0 Å². The van der Waals surface area contributed by atoms with Crippen molar-refractivity contribution in [3.05, 3.63) is 95.1 Å². The number of carbonyl (C=O) groups is 2. The monoisotopic (exact) mass is 424 g/mol. The number of ether oxygens (including phenoxy) is 1. The van der Waals surface area contributed by atoms with Crippen molar-refractivity contribution in [3.63, 3.8) is 0 Å². The highest BCUT2D eigenvalue weighted by atomic mass is 16.5. The average Bonchev–Trinajstić information content (AvgIpc) is 3.24. The molecule has 3 atom stereocenters. The Balaban J connectivity index is 1.67. The number of esters is 1. The van der Waals surface area contributed by atoms with Gasteiger partial charge < -0.3 is 10.1 Å². The van der Waals surface area contributed by atoms with Crippen LogP contribution in [-0.4, -0.2) is 30.4 Å². The molecule has 5 nitrogen and oxygen atoms in total. The standard InChI is InChI=1S/C27H24N2O3/c1-17-12-13-23-19(14-17)15-26(25(31)32-23)21(18-8-4-3-5-9-18)16-29(2)27(26)20-10-6-7-11-22(20)28-24(27)30/h3-14,21H,15-16H2,1-2H3,(H,28,30)/t21-,26+,27+/m0/s1. The lowest BCUT2D eigenvalue weighted by atomic mass is 9.57. The molecule has 1 amide bonds. The van der Waals surface area contributed by atoms with Gasteiger partial charge in [-0.05, 0) is 43.7 Å². The molecule has 3 aromatic carbocycles. The maximum absolute atomic E-state index is 14.1. The molecule has 5 heteroatoms. The number of aryl methyl sites for hydroxylation is 1. The first-order valence-corrected chi connectivity index (χ1v) is 11.0. The number of anilines is 1. The molecule has 0 bridgehead atoms. The van der Waals surface area contributed by atoms with Gasteiger partial charge in [0.1, 0.15) is 16.7 Å². The van der Waals surface area contributed by atoms with Gasteiger partial charge in [0.2, 0.25) is 0 Å². The van der Waals surface area contributed by atoms with Crippen LogP contribution < -0.4 is 10.1 Å². The summed E-state index contributed by atoms with van der Waals surface area (Å²) in [4.78, 5) is 30.0. The van der Waals surface area contributed by atoms with Gasteiger partial charge >= 0.3 is 5.97 Å². The first-order chi connectivity index (χ1) is 15.5. The second kappa shape index (κ2) is 6.53. The first kappa shape index (κ1) is 19.3. The third-order valence-electron chi connectivity index (χ3n) is 7.62. The van der Waals surface area contributed by atoms with Crippen molar-refractivity contribution in [1.82, 2.24) is 4.90 Å². The number of likely N-dealkylation sites (N-methyl/N-ethyl adjacent to an activating group) is 1. The van der Waals surface area contributed by atoms with E-state index < -0.39 is 11.0 Å². The molecular weight excluding hydrogens is 400 g/mol. The van der Waals surface area contributed by atoms with Crippen LogP contribution in [0.15, 0.2) is 72.8 Å². The Bertz CT molecular complexity index is 1270. The highest BCUT2D eigenvalue weighted by Gasteiger charge is 2.75.